The third-order valence-electron chi connectivity index (χ3n) is 4.72. The number of pyridine rings is 1. The van der Waals surface area contributed by atoms with Gasteiger partial charge in [-0.3, -0.25) is 4.98 Å². The van der Waals surface area contributed by atoms with E-state index in [-0.39, 0.29) is 6.03 Å². The van der Waals surface area contributed by atoms with Crippen LogP contribution in [-0.4, -0.2) is 52.9 Å². The molecule has 0 atom stereocenters. The zero-order valence-corrected chi connectivity index (χ0v) is 15.9. The van der Waals surface area contributed by atoms with Crippen LogP contribution in [0.15, 0.2) is 67.3 Å². The Bertz CT molecular complexity index is 991. The highest BCUT2D eigenvalue weighted by Crippen LogP contribution is 2.24. The summed E-state index contributed by atoms with van der Waals surface area (Å²) in [5, 5.41) is 7.21. The number of urea groups is 1. The topological polar surface area (TPSA) is 66.3 Å². The molecule has 0 spiro atoms. The van der Waals surface area contributed by atoms with E-state index in [0.717, 1.165) is 22.5 Å². The minimum atomic E-state index is -0.134. The summed E-state index contributed by atoms with van der Waals surface area (Å²) >= 11 is 0. The van der Waals surface area contributed by atoms with Crippen molar-refractivity contribution in [1.29, 1.82) is 0 Å². The summed E-state index contributed by atoms with van der Waals surface area (Å²) in [5.41, 5.74) is 5.01. The third kappa shape index (κ3) is 3.73. The SMILES string of the molecule is CN(C)c1ccc(C2=CCN(C(=O)Nc3cnn(-c4ccncc4)c3)C2)cc1. The van der Waals surface area contributed by atoms with Crippen LogP contribution in [0.4, 0.5) is 16.2 Å². The van der Waals surface area contributed by atoms with Crippen molar-refractivity contribution in [3.05, 3.63) is 72.8 Å². The first-order valence-electron chi connectivity index (χ1n) is 9.08. The molecule has 0 fully saturated rings. The van der Waals surface area contributed by atoms with E-state index in [0.29, 0.717) is 18.8 Å². The molecule has 142 valence electrons. The second-order valence-corrected chi connectivity index (χ2v) is 6.86. The van der Waals surface area contributed by atoms with Crippen molar-refractivity contribution in [2.45, 2.75) is 0 Å². The molecule has 2 amide bonds. The van der Waals surface area contributed by atoms with Gasteiger partial charge in [-0.2, -0.15) is 5.10 Å². The molecule has 0 saturated carbocycles. The number of rotatable bonds is 4. The van der Waals surface area contributed by atoms with Gasteiger partial charge in [0.2, 0.25) is 0 Å². The first-order chi connectivity index (χ1) is 13.6. The zero-order chi connectivity index (χ0) is 19.5. The minimum Gasteiger partial charge on any atom is -0.378 e. The average molecular weight is 374 g/mol. The van der Waals surface area contributed by atoms with Gasteiger partial charge in [0.25, 0.3) is 0 Å². The number of aromatic nitrogens is 3. The van der Waals surface area contributed by atoms with Crippen LogP contribution in [0.5, 0.6) is 0 Å². The van der Waals surface area contributed by atoms with Crippen molar-refractivity contribution in [3.63, 3.8) is 0 Å². The molecule has 0 bridgehead atoms. The molecule has 0 saturated heterocycles. The predicted molar refractivity (Wildman–Crippen MR) is 111 cm³/mol. The standard InChI is InChI=1S/C21H22N6O/c1-25(2)19-5-3-16(4-6-19)17-9-12-26(14-17)21(28)24-18-13-23-27(15-18)20-7-10-22-11-8-20/h3-11,13,15H,12,14H2,1-2H3,(H,24,28). The third-order valence-corrected chi connectivity index (χ3v) is 4.72. The Balaban J connectivity index is 1.37. The van der Waals surface area contributed by atoms with Crippen molar-refractivity contribution >= 4 is 23.0 Å². The van der Waals surface area contributed by atoms with Crippen LogP contribution < -0.4 is 10.2 Å². The number of benzene rings is 1. The highest BCUT2D eigenvalue weighted by atomic mass is 16.2. The van der Waals surface area contributed by atoms with Gasteiger partial charge in [-0.1, -0.05) is 18.2 Å². The molecule has 3 aromatic rings. The highest BCUT2D eigenvalue weighted by molar-refractivity contribution is 5.91. The molecule has 0 radical (unpaired) electrons. The van der Waals surface area contributed by atoms with Crippen molar-refractivity contribution in [3.8, 4) is 5.69 Å². The van der Waals surface area contributed by atoms with Crippen molar-refractivity contribution < 1.29 is 4.79 Å². The van der Waals surface area contributed by atoms with E-state index in [9.17, 15) is 4.79 Å². The van der Waals surface area contributed by atoms with Crippen molar-refractivity contribution in [2.75, 3.05) is 37.4 Å². The number of hydrogen-bond donors (Lipinski definition) is 1. The zero-order valence-electron chi connectivity index (χ0n) is 15.9. The molecule has 1 aromatic carbocycles. The normalized spacial score (nSPS) is 13.4. The summed E-state index contributed by atoms with van der Waals surface area (Å²) < 4.78 is 1.71. The maximum absolute atomic E-state index is 12.6. The maximum atomic E-state index is 12.6. The summed E-state index contributed by atoms with van der Waals surface area (Å²) in [6.07, 6.45) is 8.94. The molecule has 7 nitrogen and oxygen atoms in total. The van der Waals surface area contributed by atoms with E-state index in [1.807, 2.05) is 26.2 Å². The van der Waals surface area contributed by atoms with Gasteiger partial charge >= 0.3 is 6.03 Å². The maximum Gasteiger partial charge on any atom is 0.322 e. The van der Waals surface area contributed by atoms with E-state index < -0.39 is 0 Å². The smallest absolute Gasteiger partial charge is 0.322 e. The van der Waals surface area contributed by atoms with E-state index in [1.54, 1.807) is 34.4 Å². The quantitative estimate of drug-likeness (QED) is 0.761. The fraction of sp³-hybridized carbons (Fsp3) is 0.190. The van der Waals surface area contributed by atoms with Crippen LogP contribution >= 0.6 is 0 Å². The van der Waals surface area contributed by atoms with Gasteiger partial charge in [0.15, 0.2) is 0 Å². The fourth-order valence-electron chi connectivity index (χ4n) is 3.12. The van der Waals surface area contributed by atoms with Gasteiger partial charge in [0.05, 0.1) is 23.8 Å². The minimum absolute atomic E-state index is 0.134. The van der Waals surface area contributed by atoms with Crippen LogP contribution in [0.3, 0.4) is 0 Å². The number of carbonyl (C=O) groups excluding carboxylic acids is 1. The van der Waals surface area contributed by atoms with E-state index in [4.69, 9.17) is 0 Å². The molecule has 7 heteroatoms. The second kappa shape index (κ2) is 7.56. The number of anilines is 2. The Hall–Kier alpha value is -3.61. The molecule has 0 unspecified atom stereocenters. The van der Waals surface area contributed by atoms with E-state index in [2.05, 4.69) is 50.6 Å². The lowest BCUT2D eigenvalue weighted by Gasteiger charge is -2.17. The molecule has 1 N–H and O–H groups in total. The first kappa shape index (κ1) is 17.8. The lowest BCUT2D eigenvalue weighted by Crippen LogP contribution is -2.33. The van der Waals surface area contributed by atoms with Gasteiger partial charge in [-0.25, -0.2) is 9.48 Å². The summed E-state index contributed by atoms with van der Waals surface area (Å²) in [6, 6.07) is 12.0. The Morgan fingerprint density at radius 2 is 1.86 bits per heavy atom. The van der Waals surface area contributed by atoms with Gasteiger partial charge < -0.3 is 15.1 Å². The molecular formula is C21H22N6O. The van der Waals surface area contributed by atoms with E-state index >= 15 is 0 Å². The molecule has 1 aliphatic rings. The number of carbonyl (C=O) groups is 1. The van der Waals surface area contributed by atoms with Gasteiger partial charge in [0, 0.05) is 45.3 Å². The highest BCUT2D eigenvalue weighted by Gasteiger charge is 2.21. The van der Waals surface area contributed by atoms with Crippen molar-refractivity contribution in [2.24, 2.45) is 0 Å². The summed E-state index contributed by atoms with van der Waals surface area (Å²) in [5.74, 6) is 0. The predicted octanol–water partition coefficient (Wildman–Crippen LogP) is 3.26. The number of hydrogen-bond acceptors (Lipinski definition) is 4. The summed E-state index contributed by atoms with van der Waals surface area (Å²) in [7, 11) is 4.04. The average Bonchev–Trinajstić information content (AvgIpc) is 3.39. The van der Waals surface area contributed by atoms with Crippen molar-refractivity contribution in [1.82, 2.24) is 19.7 Å². The fourth-order valence-corrected chi connectivity index (χ4v) is 3.12. The number of nitrogens with zero attached hydrogens (tertiary/aromatic N) is 5. The van der Waals surface area contributed by atoms with Crippen LogP contribution in [0, 0.1) is 0 Å². The lowest BCUT2D eigenvalue weighted by atomic mass is 10.1. The van der Waals surface area contributed by atoms with Crippen LogP contribution in [0.1, 0.15) is 5.56 Å². The van der Waals surface area contributed by atoms with Gasteiger partial charge in [-0.05, 0) is 35.4 Å². The van der Waals surface area contributed by atoms with Gasteiger partial charge in [0.1, 0.15) is 0 Å². The molecule has 2 aromatic heterocycles. The Morgan fingerprint density at radius 3 is 2.57 bits per heavy atom. The monoisotopic (exact) mass is 374 g/mol. The van der Waals surface area contributed by atoms with Crippen LogP contribution in [0.25, 0.3) is 11.3 Å². The Morgan fingerprint density at radius 1 is 1.11 bits per heavy atom. The number of amides is 2. The molecular weight excluding hydrogens is 352 g/mol. The molecule has 4 rings (SSSR count). The second-order valence-electron chi connectivity index (χ2n) is 6.86. The first-order valence-corrected chi connectivity index (χ1v) is 9.08. The van der Waals surface area contributed by atoms with Crippen LogP contribution in [0.2, 0.25) is 0 Å². The largest absolute Gasteiger partial charge is 0.378 e. The van der Waals surface area contributed by atoms with E-state index in [1.165, 1.54) is 0 Å². The van der Waals surface area contributed by atoms with Gasteiger partial charge in [-0.15, -0.1) is 0 Å². The molecule has 28 heavy (non-hydrogen) atoms. The summed E-state index contributed by atoms with van der Waals surface area (Å²) in [4.78, 5) is 20.5. The number of nitrogens with one attached hydrogen (secondary N) is 1. The molecule has 0 aliphatic carbocycles. The molecule has 1 aliphatic heterocycles. The van der Waals surface area contributed by atoms with Crippen LogP contribution in [-0.2, 0) is 0 Å². The molecule has 3 heterocycles. The Kier molecular flexibility index (Phi) is 4.80. The Labute approximate surface area is 163 Å². The summed E-state index contributed by atoms with van der Waals surface area (Å²) in [6.45, 7) is 1.18. The lowest BCUT2D eigenvalue weighted by molar-refractivity contribution is 0.225.